The molecule has 1 aliphatic carbocycles. The molecule has 2 aliphatic rings. The first-order chi connectivity index (χ1) is 5.62. The predicted molar refractivity (Wildman–Crippen MR) is 52.2 cm³/mol. The Bertz CT molecular complexity index is 168. The van der Waals surface area contributed by atoms with Gasteiger partial charge in [-0.1, -0.05) is 20.3 Å². The Kier molecular flexibility index (Phi) is 1.95. The zero-order valence-electron chi connectivity index (χ0n) is 8.45. The third-order valence-electron chi connectivity index (χ3n) is 3.89. The van der Waals surface area contributed by atoms with Crippen molar-refractivity contribution in [3.63, 3.8) is 0 Å². The van der Waals surface area contributed by atoms with Gasteiger partial charge in [0.25, 0.3) is 0 Å². The van der Waals surface area contributed by atoms with Crippen LogP contribution >= 0.6 is 0 Å². The summed E-state index contributed by atoms with van der Waals surface area (Å²) in [7, 11) is 0. The Morgan fingerprint density at radius 2 is 1.67 bits per heavy atom. The molecule has 1 nitrogen and oxygen atoms in total. The fourth-order valence-corrected chi connectivity index (χ4v) is 2.63. The fraction of sp³-hybridized carbons (Fsp3) is 1.00. The SMILES string of the molecule is CC1(C)CCCC2(CC1)CNC2. The van der Waals surface area contributed by atoms with Crippen LogP contribution in [0.3, 0.4) is 0 Å². The zero-order valence-corrected chi connectivity index (χ0v) is 8.45. The van der Waals surface area contributed by atoms with Crippen LogP contribution in [-0.4, -0.2) is 13.1 Å². The first-order valence-corrected chi connectivity index (χ1v) is 5.33. The molecule has 1 saturated heterocycles. The first kappa shape index (κ1) is 8.55. The molecule has 70 valence electrons. The van der Waals surface area contributed by atoms with E-state index in [9.17, 15) is 0 Å². The van der Waals surface area contributed by atoms with Crippen molar-refractivity contribution in [1.29, 1.82) is 0 Å². The molecule has 1 heterocycles. The highest BCUT2D eigenvalue weighted by molar-refractivity contribution is 4.95. The molecule has 12 heavy (non-hydrogen) atoms. The summed E-state index contributed by atoms with van der Waals surface area (Å²) in [6.45, 7) is 7.45. The summed E-state index contributed by atoms with van der Waals surface area (Å²) < 4.78 is 0. The largest absolute Gasteiger partial charge is 0.316 e. The van der Waals surface area contributed by atoms with Crippen LogP contribution in [0.5, 0.6) is 0 Å². The lowest BCUT2D eigenvalue weighted by molar-refractivity contribution is 0.136. The van der Waals surface area contributed by atoms with Crippen LogP contribution in [0.15, 0.2) is 0 Å². The summed E-state index contributed by atoms with van der Waals surface area (Å²) in [5.74, 6) is 0. The van der Waals surface area contributed by atoms with E-state index in [1.54, 1.807) is 0 Å². The minimum Gasteiger partial charge on any atom is -0.316 e. The lowest BCUT2D eigenvalue weighted by atomic mass is 9.74. The third kappa shape index (κ3) is 1.52. The second kappa shape index (κ2) is 2.73. The van der Waals surface area contributed by atoms with Crippen LogP contribution in [0.4, 0.5) is 0 Å². The third-order valence-corrected chi connectivity index (χ3v) is 3.89. The molecule has 0 radical (unpaired) electrons. The summed E-state index contributed by atoms with van der Waals surface area (Å²) in [6, 6.07) is 0. The van der Waals surface area contributed by atoms with Crippen molar-refractivity contribution < 1.29 is 0 Å². The molecule has 1 heteroatoms. The molecule has 0 aromatic heterocycles. The normalized spacial score (nSPS) is 32.5. The number of nitrogens with one attached hydrogen (secondary N) is 1. The Morgan fingerprint density at radius 1 is 0.917 bits per heavy atom. The van der Waals surface area contributed by atoms with E-state index in [1.807, 2.05) is 0 Å². The topological polar surface area (TPSA) is 12.0 Å². The molecule has 0 aromatic rings. The maximum atomic E-state index is 3.43. The Morgan fingerprint density at radius 3 is 2.25 bits per heavy atom. The molecule has 0 bridgehead atoms. The van der Waals surface area contributed by atoms with Gasteiger partial charge in [0.2, 0.25) is 0 Å². The number of hydrogen-bond acceptors (Lipinski definition) is 1. The summed E-state index contributed by atoms with van der Waals surface area (Å²) in [6.07, 6.45) is 7.27. The fourth-order valence-electron chi connectivity index (χ4n) is 2.63. The smallest absolute Gasteiger partial charge is 0.00202 e. The quantitative estimate of drug-likeness (QED) is 0.584. The van der Waals surface area contributed by atoms with E-state index < -0.39 is 0 Å². The predicted octanol–water partition coefficient (Wildman–Crippen LogP) is 2.57. The van der Waals surface area contributed by atoms with Gasteiger partial charge in [-0.05, 0) is 36.5 Å². The van der Waals surface area contributed by atoms with Gasteiger partial charge in [0, 0.05) is 13.1 Å². The highest BCUT2D eigenvalue weighted by Crippen LogP contribution is 2.44. The molecule has 1 spiro atoms. The Balaban J connectivity index is 1.97. The van der Waals surface area contributed by atoms with Gasteiger partial charge in [-0.25, -0.2) is 0 Å². The Labute approximate surface area is 75.9 Å². The monoisotopic (exact) mass is 167 g/mol. The summed E-state index contributed by atoms with van der Waals surface area (Å²) >= 11 is 0. The van der Waals surface area contributed by atoms with Crippen LogP contribution in [0, 0.1) is 10.8 Å². The summed E-state index contributed by atoms with van der Waals surface area (Å²) in [5.41, 5.74) is 1.35. The van der Waals surface area contributed by atoms with Crippen molar-refractivity contribution in [1.82, 2.24) is 5.32 Å². The van der Waals surface area contributed by atoms with Crippen molar-refractivity contribution in [2.45, 2.75) is 46.0 Å². The van der Waals surface area contributed by atoms with Gasteiger partial charge in [-0.2, -0.15) is 0 Å². The summed E-state index contributed by atoms with van der Waals surface area (Å²) in [5, 5.41) is 3.43. The molecule has 2 fully saturated rings. The van der Waals surface area contributed by atoms with Gasteiger partial charge in [0.15, 0.2) is 0 Å². The molecule has 0 atom stereocenters. The van der Waals surface area contributed by atoms with Crippen LogP contribution in [0.1, 0.15) is 46.0 Å². The van der Waals surface area contributed by atoms with Gasteiger partial charge < -0.3 is 5.32 Å². The standard InChI is InChI=1S/C11H21N/c1-10(2)4-3-5-11(7-6-10)8-12-9-11/h12H,3-9H2,1-2H3. The molecule has 0 unspecified atom stereocenters. The summed E-state index contributed by atoms with van der Waals surface area (Å²) in [4.78, 5) is 0. The maximum Gasteiger partial charge on any atom is 0.00202 e. The van der Waals surface area contributed by atoms with Gasteiger partial charge in [0.05, 0.1) is 0 Å². The average Bonchev–Trinajstić information content (AvgIpc) is 2.06. The van der Waals surface area contributed by atoms with Crippen molar-refractivity contribution in [2.75, 3.05) is 13.1 Å². The highest BCUT2D eigenvalue weighted by Gasteiger charge is 2.39. The van der Waals surface area contributed by atoms with Crippen molar-refractivity contribution in [3.05, 3.63) is 0 Å². The lowest BCUT2D eigenvalue weighted by Crippen LogP contribution is -2.53. The minimum absolute atomic E-state index is 0.624. The van der Waals surface area contributed by atoms with Crippen molar-refractivity contribution in [2.24, 2.45) is 10.8 Å². The van der Waals surface area contributed by atoms with Crippen molar-refractivity contribution >= 4 is 0 Å². The number of rotatable bonds is 0. The number of hydrogen-bond donors (Lipinski definition) is 1. The van der Waals surface area contributed by atoms with E-state index in [2.05, 4.69) is 19.2 Å². The van der Waals surface area contributed by atoms with E-state index in [0.717, 1.165) is 5.41 Å². The van der Waals surface area contributed by atoms with Crippen LogP contribution in [0.2, 0.25) is 0 Å². The molecule has 1 N–H and O–H groups in total. The molecule has 0 aromatic carbocycles. The second-order valence-corrected chi connectivity index (χ2v) is 5.62. The average molecular weight is 167 g/mol. The molecule has 1 saturated carbocycles. The van der Waals surface area contributed by atoms with Crippen LogP contribution in [-0.2, 0) is 0 Å². The van der Waals surface area contributed by atoms with E-state index in [-0.39, 0.29) is 0 Å². The van der Waals surface area contributed by atoms with E-state index >= 15 is 0 Å². The second-order valence-electron chi connectivity index (χ2n) is 5.62. The van der Waals surface area contributed by atoms with Gasteiger partial charge in [-0.3, -0.25) is 0 Å². The van der Waals surface area contributed by atoms with Crippen molar-refractivity contribution in [3.8, 4) is 0 Å². The molecule has 1 aliphatic heterocycles. The van der Waals surface area contributed by atoms with Crippen LogP contribution < -0.4 is 5.32 Å². The van der Waals surface area contributed by atoms with E-state index in [1.165, 1.54) is 45.2 Å². The van der Waals surface area contributed by atoms with E-state index in [4.69, 9.17) is 0 Å². The maximum absolute atomic E-state index is 3.43. The van der Waals surface area contributed by atoms with Gasteiger partial charge in [0.1, 0.15) is 0 Å². The first-order valence-electron chi connectivity index (χ1n) is 5.33. The lowest BCUT2D eigenvalue weighted by Gasteiger charge is -2.42. The molecular formula is C11H21N. The Hall–Kier alpha value is -0.0400. The van der Waals surface area contributed by atoms with Gasteiger partial charge >= 0.3 is 0 Å². The minimum atomic E-state index is 0.624. The van der Waals surface area contributed by atoms with E-state index in [0.29, 0.717) is 5.41 Å². The molecule has 0 amide bonds. The molecular weight excluding hydrogens is 146 g/mol. The molecule has 2 rings (SSSR count). The highest BCUT2D eigenvalue weighted by atomic mass is 15.0. The van der Waals surface area contributed by atoms with Gasteiger partial charge in [-0.15, -0.1) is 0 Å². The van der Waals surface area contributed by atoms with Crippen LogP contribution in [0.25, 0.3) is 0 Å². The zero-order chi connectivity index (χ0) is 8.66.